The average Bonchev–Trinajstić information content (AvgIpc) is 2.21. The third kappa shape index (κ3) is 2.56. The molecule has 1 heteroatoms. The van der Waals surface area contributed by atoms with Crippen molar-refractivity contribution in [1.29, 1.82) is 0 Å². The first kappa shape index (κ1) is 11.9. The van der Waals surface area contributed by atoms with Gasteiger partial charge >= 0.3 is 0 Å². The minimum atomic E-state index is 0.247. The number of hydrogen-bond donors (Lipinski definition) is 0. The molecule has 2 rings (SSSR count). The van der Waals surface area contributed by atoms with Crippen LogP contribution in [0.2, 0.25) is 0 Å². The van der Waals surface area contributed by atoms with E-state index in [9.17, 15) is 4.79 Å². The van der Waals surface area contributed by atoms with Crippen molar-refractivity contribution in [3.63, 3.8) is 0 Å². The monoisotopic (exact) mass is 220 g/mol. The fourth-order valence-electron chi connectivity index (χ4n) is 3.18. The molecule has 1 fully saturated rings. The molecule has 0 radical (unpaired) electrons. The number of fused-ring (bicyclic) bond motifs is 1. The van der Waals surface area contributed by atoms with Crippen molar-refractivity contribution in [3.8, 4) is 0 Å². The van der Waals surface area contributed by atoms with Crippen LogP contribution in [-0.4, -0.2) is 5.78 Å². The SMILES string of the molecule is CC(C)(C)CC1=C2CCCCC2CCC1=O. The van der Waals surface area contributed by atoms with Crippen molar-refractivity contribution in [2.75, 3.05) is 0 Å². The van der Waals surface area contributed by atoms with Crippen molar-refractivity contribution in [1.82, 2.24) is 0 Å². The molecule has 0 bridgehead atoms. The van der Waals surface area contributed by atoms with Crippen molar-refractivity contribution in [3.05, 3.63) is 11.1 Å². The van der Waals surface area contributed by atoms with Gasteiger partial charge in [0.1, 0.15) is 0 Å². The highest BCUT2D eigenvalue weighted by Gasteiger charge is 2.31. The van der Waals surface area contributed by atoms with Crippen LogP contribution in [0.3, 0.4) is 0 Å². The van der Waals surface area contributed by atoms with Gasteiger partial charge in [0.15, 0.2) is 5.78 Å². The summed E-state index contributed by atoms with van der Waals surface area (Å²) in [6.45, 7) is 6.71. The summed E-state index contributed by atoms with van der Waals surface area (Å²) < 4.78 is 0. The smallest absolute Gasteiger partial charge is 0.158 e. The largest absolute Gasteiger partial charge is 0.295 e. The lowest BCUT2D eigenvalue weighted by molar-refractivity contribution is -0.116. The van der Waals surface area contributed by atoms with Gasteiger partial charge in [0.25, 0.3) is 0 Å². The Labute approximate surface area is 99.3 Å². The predicted molar refractivity (Wildman–Crippen MR) is 67.3 cm³/mol. The van der Waals surface area contributed by atoms with Gasteiger partial charge in [0, 0.05) is 6.42 Å². The molecule has 90 valence electrons. The Morgan fingerprint density at radius 3 is 2.56 bits per heavy atom. The van der Waals surface area contributed by atoms with Gasteiger partial charge in [-0.05, 0) is 49.0 Å². The van der Waals surface area contributed by atoms with Crippen LogP contribution in [-0.2, 0) is 4.79 Å². The summed E-state index contributed by atoms with van der Waals surface area (Å²) >= 11 is 0. The van der Waals surface area contributed by atoms with Gasteiger partial charge < -0.3 is 0 Å². The molecule has 0 aromatic heterocycles. The summed E-state index contributed by atoms with van der Waals surface area (Å²) in [6.07, 6.45) is 8.11. The Kier molecular flexibility index (Phi) is 3.23. The van der Waals surface area contributed by atoms with Crippen LogP contribution in [0, 0.1) is 11.3 Å². The molecule has 1 unspecified atom stereocenters. The van der Waals surface area contributed by atoms with Gasteiger partial charge in [-0.2, -0.15) is 0 Å². The van der Waals surface area contributed by atoms with Gasteiger partial charge in [-0.1, -0.05) is 32.8 Å². The van der Waals surface area contributed by atoms with Crippen LogP contribution >= 0.6 is 0 Å². The standard InChI is InChI=1S/C15H24O/c1-15(2,3)10-13-12-7-5-4-6-11(12)8-9-14(13)16/h11H,4-10H2,1-3H3. The topological polar surface area (TPSA) is 17.1 Å². The lowest BCUT2D eigenvalue weighted by Crippen LogP contribution is -2.24. The van der Waals surface area contributed by atoms with Gasteiger partial charge in [0.05, 0.1) is 0 Å². The van der Waals surface area contributed by atoms with E-state index < -0.39 is 0 Å². The predicted octanol–water partition coefficient (Wildman–Crippen LogP) is 4.27. The number of hydrogen-bond acceptors (Lipinski definition) is 1. The molecule has 2 aliphatic carbocycles. The summed E-state index contributed by atoms with van der Waals surface area (Å²) in [5, 5.41) is 0. The molecule has 0 N–H and O–H groups in total. The number of carbonyl (C=O) groups excluding carboxylic acids is 1. The van der Waals surface area contributed by atoms with Crippen LogP contribution in [0.15, 0.2) is 11.1 Å². The molecule has 1 nitrogen and oxygen atoms in total. The van der Waals surface area contributed by atoms with Crippen LogP contribution in [0.4, 0.5) is 0 Å². The Balaban J connectivity index is 2.27. The molecule has 0 aromatic rings. The Morgan fingerprint density at radius 1 is 1.12 bits per heavy atom. The highest BCUT2D eigenvalue weighted by Crippen LogP contribution is 2.41. The molecular weight excluding hydrogens is 196 g/mol. The zero-order valence-electron chi connectivity index (χ0n) is 10.9. The first-order valence-corrected chi connectivity index (χ1v) is 6.72. The molecule has 0 aliphatic heterocycles. The Bertz CT molecular complexity index is 317. The molecule has 0 saturated heterocycles. The second-order valence-corrected chi connectivity index (χ2v) is 6.65. The number of ketones is 1. The zero-order valence-corrected chi connectivity index (χ0v) is 10.9. The molecular formula is C15H24O. The molecule has 0 heterocycles. The maximum Gasteiger partial charge on any atom is 0.158 e. The fraction of sp³-hybridized carbons (Fsp3) is 0.800. The first-order chi connectivity index (χ1) is 7.47. The van der Waals surface area contributed by atoms with E-state index in [-0.39, 0.29) is 5.41 Å². The zero-order chi connectivity index (χ0) is 11.8. The summed E-state index contributed by atoms with van der Waals surface area (Å²) in [7, 11) is 0. The lowest BCUT2D eigenvalue weighted by atomic mass is 9.71. The van der Waals surface area contributed by atoms with Crippen molar-refractivity contribution in [2.24, 2.45) is 11.3 Å². The minimum absolute atomic E-state index is 0.247. The van der Waals surface area contributed by atoms with E-state index in [2.05, 4.69) is 20.8 Å². The van der Waals surface area contributed by atoms with E-state index in [4.69, 9.17) is 0 Å². The van der Waals surface area contributed by atoms with Crippen molar-refractivity contribution in [2.45, 2.75) is 65.7 Å². The minimum Gasteiger partial charge on any atom is -0.295 e. The summed E-state index contributed by atoms with van der Waals surface area (Å²) in [5.74, 6) is 1.20. The van der Waals surface area contributed by atoms with E-state index in [1.807, 2.05) is 0 Å². The van der Waals surface area contributed by atoms with Gasteiger partial charge in [-0.15, -0.1) is 0 Å². The van der Waals surface area contributed by atoms with E-state index in [0.717, 1.165) is 25.2 Å². The molecule has 0 aromatic carbocycles. The third-order valence-corrected chi connectivity index (χ3v) is 3.89. The van der Waals surface area contributed by atoms with Crippen LogP contribution in [0.5, 0.6) is 0 Å². The molecule has 0 spiro atoms. The van der Waals surface area contributed by atoms with Crippen molar-refractivity contribution < 1.29 is 4.79 Å². The highest BCUT2D eigenvalue weighted by atomic mass is 16.1. The molecule has 1 atom stereocenters. The summed E-state index contributed by atoms with van der Waals surface area (Å²) in [4.78, 5) is 12.1. The maximum absolute atomic E-state index is 12.1. The molecule has 0 amide bonds. The second kappa shape index (κ2) is 4.35. The van der Waals surface area contributed by atoms with Crippen LogP contribution in [0.1, 0.15) is 65.7 Å². The van der Waals surface area contributed by atoms with Crippen LogP contribution in [0.25, 0.3) is 0 Å². The number of Topliss-reactive ketones (excluding diaryl/α,β-unsaturated/α-hetero) is 1. The molecule has 1 saturated carbocycles. The van der Waals surface area contributed by atoms with E-state index in [1.54, 1.807) is 0 Å². The first-order valence-electron chi connectivity index (χ1n) is 6.72. The summed E-state index contributed by atoms with van der Waals surface area (Å²) in [5.41, 5.74) is 3.00. The average molecular weight is 220 g/mol. The van der Waals surface area contributed by atoms with E-state index in [0.29, 0.717) is 5.78 Å². The third-order valence-electron chi connectivity index (χ3n) is 3.89. The van der Waals surface area contributed by atoms with Gasteiger partial charge in [-0.3, -0.25) is 4.79 Å². The second-order valence-electron chi connectivity index (χ2n) is 6.65. The number of rotatable bonds is 1. The molecule has 2 aliphatic rings. The van der Waals surface area contributed by atoms with Gasteiger partial charge in [0.2, 0.25) is 0 Å². The van der Waals surface area contributed by atoms with E-state index >= 15 is 0 Å². The number of allylic oxidation sites excluding steroid dienone is 2. The normalized spacial score (nSPS) is 26.9. The van der Waals surface area contributed by atoms with Gasteiger partial charge in [-0.25, -0.2) is 0 Å². The van der Waals surface area contributed by atoms with E-state index in [1.165, 1.54) is 36.8 Å². The number of carbonyl (C=O) groups is 1. The van der Waals surface area contributed by atoms with Crippen LogP contribution < -0.4 is 0 Å². The fourth-order valence-corrected chi connectivity index (χ4v) is 3.18. The Morgan fingerprint density at radius 2 is 1.88 bits per heavy atom. The maximum atomic E-state index is 12.1. The summed E-state index contributed by atoms with van der Waals surface area (Å²) in [6, 6.07) is 0. The highest BCUT2D eigenvalue weighted by molar-refractivity contribution is 5.97. The quantitative estimate of drug-likeness (QED) is 0.645. The Hall–Kier alpha value is -0.590. The lowest BCUT2D eigenvalue weighted by Gasteiger charge is -2.34. The molecule has 16 heavy (non-hydrogen) atoms. The van der Waals surface area contributed by atoms with Crippen molar-refractivity contribution >= 4 is 5.78 Å².